The van der Waals surface area contributed by atoms with Gasteiger partial charge in [-0.05, 0) is 56.2 Å². The monoisotopic (exact) mass is 375 g/mol. The molecule has 0 bridgehead atoms. The second-order valence-corrected chi connectivity index (χ2v) is 8.21. The van der Waals surface area contributed by atoms with E-state index in [2.05, 4.69) is 54.1 Å². The highest BCUT2D eigenvalue weighted by atomic mass is 32.2. The predicted octanol–water partition coefficient (Wildman–Crippen LogP) is 8.32. The lowest BCUT2D eigenvalue weighted by molar-refractivity contribution is 0.595. The van der Waals surface area contributed by atoms with Crippen molar-refractivity contribution in [1.29, 1.82) is 0 Å². The van der Waals surface area contributed by atoms with E-state index in [0.717, 1.165) is 6.54 Å². The summed E-state index contributed by atoms with van der Waals surface area (Å²) < 4.78 is 3.46. The van der Waals surface area contributed by atoms with Crippen LogP contribution in [0.25, 0.3) is 0 Å². The van der Waals surface area contributed by atoms with E-state index >= 15 is 0 Å². The lowest BCUT2D eigenvalue weighted by Crippen LogP contribution is -2.04. The van der Waals surface area contributed by atoms with Gasteiger partial charge in [0.05, 0.1) is 0 Å². The first kappa shape index (κ1) is 23.3. The average molecular weight is 376 g/mol. The predicted molar refractivity (Wildman–Crippen MR) is 120 cm³/mol. The fourth-order valence-corrected chi connectivity index (χ4v) is 3.77. The fraction of sp³-hybridized carbons (Fsp3) is 0.667. The van der Waals surface area contributed by atoms with Crippen molar-refractivity contribution in [3.05, 3.63) is 42.5 Å². The number of hydrogen-bond donors (Lipinski definition) is 1. The molecule has 2 heteroatoms. The van der Waals surface area contributed by atoms with Crippen LogP contribution >= 0.6 is 11.9 Å². The zero-order valence-electron chi connectivity index (χ0n) is 17.1. The Morgan fingerprint density at radius 3 is 1.85 bits per heavy atom. The summed E-state index contributed by atoms with van der Waals surface area (Å²) in [6, 6.07) is 10.6. The number of nitrogens with one attached hydrogen (secondary N) is 1. The molecule has 0 spiro atoms. The topological polar surface area (TPSA) is 12.0 Å². The van der Waals surface area contributed by atoms with Crippen LogP contribution in [0.3, 0.4) is 0 Å². The van der Waals surface area contributed by atoms with Gasteiger partial charge in [-0.2, -0.15) is 0 Å². The molecule has 1 aromatic carbocycles. The molecule has 0 amide bonds. The summed E-state index contributed by atoms with van der Waals surface area (Å²) in [5, 5.41) is 0. The SMILES string of the molecule is CCCCCCCC/C=C\CCCCCCCCNSc1ccccc1. The van der Waals surface area contributed by atoms with Gasteiger partial charge in [0, 0.05) is 11.4 Å². The van der Waals surface area contributed by atoms with Gasteiger partial charge in [0.1, 0.15) is 0 Å². The molecule has 148 valence electrons. The van der Waals surface area contributed by atoms with Gasteiger partial charge >= 0.3 is 0 Å². The van der Waals surface area contributed by atoms with Crippen LogP contribution in [0.15, 0.2) is 47.4 Å². The van der Waals surface area contributed by atoms with Crippen LogP contribution in [0.5, 0.6) is 0 Å². The van der Waals surface area contributed by atoms with Crippen LogP contribution in [0.1, 0.15) is 96.8 Å². The van der Waals surface area contributed by atoms with Gasteiger partial charge in [-0.15, -0.1) is 0 Å². The minimum atomic E-state index is 1.11. The van der Waals surface area contributed by atoms with Gasteiger partial charge in [-0.1, -0.05) is 95.1 Å². The zero-order chi connectivity index (χ0) is 18.5. The lowest BCUT2D eigenvalue weighted by Gasteiger charge is -2.04. The van der Waals surface area contributed by atoms with Crippen molar-refractivity contribution in [1.82, 2.24) is 4.72 Å². The molecule has 0 aliphatic heterocycles. The number of rotatable bonds is 18. The molecule has 0 fully saturated rings. The van der Waals surface area contributed by atoms with E-state index in [9.17, 15) is 0 Å². The maximum absolute atomic E-state index is 3.46. The summed E-state index contributed by atoms with van der Waals surface area (Å²) >= 11 is 1.75. The standard InChI is InChI=1S/C24H41NS/c1-2-3-4-5-6-7-8-9-10-11-12-13-14-15-16-20-23-25-26-24-21-18-17-19-22-24/h9-10,17-19,21-22,25H,2-8,11-16,20,23H2,1H3/b10-9-. The van der Waals surface area contributed by atoms with E-state index in [1.165, 1.54) is 94.8 Å². The maximum Gasteiger partial charge on any atom is 0.0228 e. The van der Waals surface area contributed by atoms with Crippen LogP contribution in [-0.4, -0.2) is 6.54 Å². The van der Waals surface area contributed by atoms with E-state index in [1.54, 1.807) is 11.9 Å². The summed E-state index contributed by atoms with van der Waals surface area (Å²) in [7, 11) is 0. The van der Waals surface area contributed by atoms with Gasteiger partial charge in [0.25, 0.3) is 0 Å². The molecule has 0 heterocycles. The summed E-state index contributed by atoms with van der Waals surface area (Å²) in [5.41, 5.74) is 0. The molecule has 0 atom stereocenters. The Balaban J connectivity index is 1.73. The third-order valence-corrected chi connectivity index (χ3v) is 5.58. The van der Waals surface area contributed by atoms with E-state index in [1.807, 2.05) is 0 Å². The fourth-order valence-electron chi connectivity index (χ4n) is 3.07. The molecule has 0 saturated carbocycles. The molecule has 1 nitrogen and oxygen atoms in total. The quantitative estimate of drug-likeness (QED) is 0.157. The molecule has 0 unspecified atom stereocenters. The Morgan fingerprint density at radius 2 is 1.23 bits per heavy atom. The van der Waals surface area contributed by atoms with E-state index in [-0.39, 0.29) is 0 Å². The molecule has 0 aromatic heterocycles. The minimum absolute atomic E-state index is 1.11. The van der Waals surface area contributed by atoms with Crippen LogP contribution < -0.4 is 4.72 Å². The molecular weight excluding hydrogens is 334 g/mol. The van der Waals surface area contributed by atoms with Crippen LogP contribution in [-0.2, 0) is 0 Å². The Morgan fingerprint density at radius 1 is 0.692 bits per heavy atom. The molecule has 1 rings (SSSR count). The van der Waals surface area contributed by atoms with Crippen molar-refractivity contribution in [3.8, 4) is 0 Å². The molecule has 0 aliphatic rings. The van der Waals surface area contributed by atoms with Gasteiger partial charge in [0.15, 0.2) is 0 Å². The smallest absolute Gasteiger partial charge is 0.0228 e. The van der Waals surface area contributed by atoms with Crippen molar-refractivity contribution < 1.29 is 0 Å². The van der Waals surface area contributed by atoms with Crippen molar-refractivity contribution in [2.45, 2.75) is 102 Å². The van der Waals surface area contributed by atoms with E-state index < -0.39 is 0 Å². The summed E-state index contributed by atoms with van der Waals surface area (Å²) in [6.45, 7) is 3.40. The second kappa shape index (κ2) is 19.0. The Kier molecular flexibility index (Phi) is 17.1. The molecule has 1 aromatic rings. The molecule has 1 N–H and O–H groups in total. The van der Waals surface area contributed by atoms with Crippen molar-refractivity contribution in [2.24, 2.45) is 0 Å². The molecule has 0 aliphatic carbocycles. The summed E-state index contributed by atoms with van der Waals surface area (Å²) in [6.07, 6.45) is 24.0. The number of benzene rings is 1. The Hall–Kier alpha value is -0.730. The Labute approximate surface area is 167 Å². The first-order chi connectivity index (χ1) is 12.9. The highest BCUT2D eigenvalue weighted by molar-refractivity contribution is 7.97. The first-order valence-corrected chi connectivity index (χ1v) is 11.8. The highest BCUT2D eigenvalue weighted by Crippen LogP contribution is 2.13. The van der Waals surface area contributed by atoms with Crippen molar-refractivity contribution >= 4 is 11.9 Å². The van der Waals surface area contributed by atoms with E-state index in [4.69, 9.17) is 0 Å². The minimum Gasteiger partial charge on any atom is -0.260 e. The highest BCUT2D eigenvalue weighted by Gasteiger charge is 1.94. The van der Waals surface area contributed by atoms with Crippen LogP contribution in [0.2, 0.25) is 0 Å². The molecule has 0 saturated heterocycles. The normalized spacial score (nSPS) is 11.4. The van der Waals surface area contributed by atoms with Gasteiger partial charge < -0.3 is 0 Å². The molecule has 0 radical (unpaired) electrons. The molecular formula is C24H41NS. The third-order valence-electron chi connectivity index (χ3n) is 4.72. The molecule has 26 heavy (non-hydrogen) atoms. The van der Waals surface area contributed by atoms with Crippen LogP contribution in [0, 0.1) is 0 Å². The van der Waals surface area contributed by atoms with Gasteiger partial charge in [-0.3, -0.25) is 4.72 Å². The third kappa shape index (κ3) is 15.5. The Bertz CT molecular complexity index is 415. The number of allylic oxidation sites excluding steroid dienone is 2. The van der Waals surface area contributed by atoms with E-state index in [0.29, 0.717) is 0 Å². The summed E-state index contributed by atoms with van der Waals surface area (Å²) in [4.78, 5) is 1.30. The van der Waals surface area contributed by atoms with Gasteiger partial charge in [0.2, 0.25) is 0 Å². The second-order valence-electron chi connectivity index (χ2n) is 7.25. The lowest BCUT2D eigenvalue weighted by atomic mass is 10.1. The zero-order valence-corrected chi connectivity index (χ0v) is 17.9. The number of hydrogen-bond acceptors (Lipinski definition) is 2. The largest absolute Gasteiger partial charge is 0.260 e. The summed E-state index contributed by atoms with van der Waals surface area (Å²) in [5.74, 6) is 0. The number of unbranched alkanes of at least 4 members (excludes halogenated alkanes) is 12. The van der Waals surface area contributed by atoms with Crippen LogP contribution in [0.4, 0.5) is 0 Å². The average Bonchev–Trinajstić information content (AvgIpc) is 2.68. The first-order valence-electron chi connectivity index (χ1n) is 11.0. The maximum atomic E-state index is 3.46. The van der Waals surface area contributed by atoms with Gasteiger partial charge in [-0.25, -0.2) is 0 Å². The van der Waals surface area contributed by atoms with Crippen molar-refractivity contribution in [2.75, 3.05) is 6.54 Å². The van der Waals surface area contributed by atoms with Crippen molar-refractivity contribution in [3.63, 3.8) is 0 Å².